The van der Waals surface area contributed by atoms with Crippen molar-refractivity contribution in [2.45, 2.75) is 0 Å². The van der Waals surface area contributed by atoms with E-state index in [0.29, 0.717) is 0 Å². The molecule has 0 radical (unpaired) electrons. The van der Waals surface area contributed by atoms with Crippen molar-refractivity contribution in [2.24, 2.45) is 0 Å². The Kier molecular flexibility index (Phi) is 156. The van der Waals surface area contributed by atoms with Gasteiger partial charge in [0.2, 0.25) is 0 Å². The maximum absolute atomic E-state index is 0. The molecule has 0 nitrogen and oxygen atoms in total. The Morgan fingerprint density at radius 2 is 0.750 bits per heavy atom. The molecular weight excluding hydrogens is 246 g/mol. The van der Waals surface area contributed by atoms with E-state index < -0.39 is 0 Å². The van der Waals surface area contributed by atoms with Crippen molar-refractivity contribution in [1.29, 1.82) is 0 Å². The minimum Gasteiger partial charge on any atom is -3.00 e. The zero-order chi connectivity index (χ0) is 0. The van der Waals surface area contributed by atoms with E-state index in [9.17, 15) is 0 Å². The van der Waals surface area contributed by atoms with Crippen LogP contribution in [0.3, 0.4) is 0 Å². The first-order chi connectivity index (χ1) is 0. The molecule has 0 unspecified atom stereocenters. The summed E-state index contributed by atoms with van der Waals surface area (Å²) in [6, 6.07) is 0. The van der Waals surface area contributed by atoms with E-state index in [4.69, 9.17) is 0 Å². The summed E-state index contributed by atoms with van der Waals surface area (Å²) >= 11 is 0. The van der Waals surface area contributed by atoms with Gasteiger partial charge in [0.25, 0.3) is 0 Å². The van der Waals surface area contributed by atoms with E-state index >= 15 is 0 Å². The van der Waals surface area contributed by atoms with Gasteiger partial charge in [-0.2, -0.15) is 0 Å². The molecule has 0 N–H and O–H groups in total. The smallest absolute Gasteiger partial charge is 3.00 e. The van der Waals surface area contributed by atoms with Crippen molar-refractivity contribution in [2.75, 3.05) is 0 Å². The molecular formula is P2SnZn. The predicted octanol–water partition coefficient (Wildman–Crippen LogP) is 1.34. The molecule has 16 valence electrons. The molecule has 0 aliphatic heterocycles. The summed E-state index contributed by atoms with van der Waals surface area (Å²) < 4.78 is 0. The maximum atomic E-state index is 0. The largest absolute Gasteiger partial charge is 4.00 e. The standard InChI is InChI=1S/2P.Sn.Zn/q2*-3;+4;+2. The van der Waals surface area contributed by atoms with E-state index in [2.05, 4.69) is 0 Å². The number of hydrogen-bond acceptors (Lipinski definition) is 0. The minimum atomic E-state index is 0. The molecule has 0 bridgehead atoms. The topological polar surface area (TPSA) is 0 Å². The first-order valence-electron chi connectivity index (χ1n) is 0. The Morgan fingerprint density at radius 1 is 0.750 bits per heavy atom. The third kappa shape index (κ3) is 8.86. The van der Waals surface area contributed by atoms with Crippen molar-refractivity contribution in [3.8, 4) is 0 Å². The van der Waals surface area contributed by atoms with Gasteiger partial charge in [-0.05, 0) is 0 Å². The van der Waals surface area contributed by atoms with Crippen molar-refractivity contribution in [1.82, 2.24) is 0 Å². The molecule has 4 heteroatoms. The summed E-state index contributed by atoms with van der Waals surface area (Å²) in [5.41, 5.74) is 0. The number of hydrogen-bond donors (Lipinski definition) is 0. The van der Waals surface area contributed by atoms with Gasteiger partial charge in [0, 0.05) is 0 Å². The molecule has 0 aliphatic rings. The fraction of sp³-hybridized carbons (Fsp3) is 0. The van der Waals surface area contributed by atoms with Gasteiger partial charge < -0.3 is 19.8 Å². The van der Waals surface area contributed by atoms with Crippen LogP contribution in [0.1, 0.15) is 0 Å². The molecule has 0 spiro atoms. The first kappa shape index (κ1) is 33.7. The van der Waals surface area contributed by atoms with Crippen molar-refractivity contribution < 1.29 is 19.5 Å². The van der Waals surface area contributed by atoms with Gasteiger partial charge in [0.05, 0.1) is 0 Å². The summed E-state index contributed by atoms with van der Waals surface area (Å²) in [5.74, 6) is 0. The second-order valence-corrected chi connectivity index (χ2v) is 0. The summed E-state index contributed by atoms with van der Waals surface area (Å²) in [6.45, 7) is 0. The maximum Gasteiger partial charge on any atom is 4.00 e. The van der Waals surface area contributed by atoms with Crippen LogP contribution in [-0.4, -0.2) is 23.9 Å². The predicted molar refractivity (Wildman–Crippen MR) is 19.6 cm³/mol. The zero-order valence-corrected chi connectivity index (χ0v) is 9.71. The molecule has 0 aromatic rings. The monoisotopic (exact) mass is 246 g/mol. The summed E-state index contributed by atoms with van der Waals surface area (Å²) in [6.07, 6.45) is 0. The molecule has 0 heterocycles. The zero-order valence-electron chi connectivity index (χ0n) is 2.10. The SMILES string of the molecule is [P-3].[P-3].[Sn+4].[Zn+2]. The Hall–Kier alpha value is 2.28. The van der Waals surface area contributed by atoms with Gasteiger partial charge in [0.1, 0.15) is 0 Å². The molecule has 0 rings (SSSR count). The Labute approximate surface area is 62.8 Å². The summed E-state index contributed by atoms with van der Waals surface area (Å²) in [5, 5.41) is 0. The second-order valence-electron chi connectivity index (χ2n) is 0. The second kappa shape index (κ2) is 18.6. The summed E-state index contributed by atoms with van der Waals surface area (Å²) in [7, 11) is 0. The Morgan fingerprint density at radius 3 is 0.750 bits per heavy atom. The van der Waals surface area contributed by atoms with Crippen LogP contribution in [0.15, 0.2) is 0 Å². The fourth-order valence-electron chi connectivity index (χ4n) is 0. The summed E-state index contributed by atoms with van der Waals surface area (Å²) in [4.78, 5) is 0. The third-order valence-corrected chi connectivity index (χ3v) is 0. The van der Waals surface area contributed by atoms with E-state index in [0.717, 1.165) is 0 Å². The minimum absolute atomic E-state index is 0. The van der Waals surface area contributed by atoms with Crippen molar-refractivity contribution in [3.05, 3.63) is 0 Å². The van der Waals surface area contributed by atoms with Crippen molar-refractivity contribution >= 4 is 43.7 Å². The van der Waals surface area contributed by atoms with E-state index in [1.54, 1.807) is 0 Å². The van der Waals surface area contributed by atoms with Crippen LogP contribution in [-0.2, 0) is 19.5 Å². The van der Waals surface area contributed by atoms with Crippen LogP contribution in [0.5, 0.6) is 0 Å². The van der Waals surface area contributed by atoms with Crippen LogP contribution >= 0.6 is 19.8 Å². The average molecular weight is 246 g/mol. The van der Waals surface area contributed by atoms with Crippen LogP contribution in [0.25, 0.3) is 0 Å². The molecule has 0 fully saturated rings. The van der Waals surface area contributed by atoms with Gasteiger partial charge in [-0.3, -0.25) is 0 Å². The normalized spacial score (nSPS) is 0. The molecule has 0 aliphatic carbocycles. The molecule has 0 amide bonds. The average Bonchev–Trinajstić information content (AvgIpc) is 0. The third-order valence-electron chi connectivity index (χ3n) is 0. The van der Waals surface area contributed by atoms with Crippen LogP contribution in [0, 0.1) is 0 Å². The fourth-order valence-corrected chi connectivity index (χ4v) is 0. The van der Waals surface area contributed by atoms with Gasteiger partial charge in [-0.25, -0.2) is 0 Å². The molecule has 0 saturated carbocycles. The molecule has 0 aromatic heterocycles. The Bertz CT molecular complexity index is 6.00. The van der Waals surface area contributed by atoms with E-state index in [-0.39, 0.29) is 63.2 Å². The van der Waals surface area contributed by atoms with Gasteiger partial charge in [0.15, 0.2) is 0 Å². The molecule has 0 aromatic carbocycles. The van der Waals surface area contributed by atoms with Crippen LogP contribution < -0.4 is 0 Å². The molecule has 0 saturated heterocycles. The number of rotatable bonds is 0. The van der Waals surface area contributed by atoms with E-state index in [1.165, 1.54) is 0 Å². The van der Waals surface area contributed by atoms with Crippen molar-refractivity contribution in [3.63, 3.8) is 0 Å². The molecule has 4 heavy (non-hydrogen) atoms. The van der Waals surface area contributed by atoms with Gasteiger partial charge in [-0.1, -0.05) is 0 Å². The van der Waals surface area contributed by atoms with E-state index in [1.807, 2.05) is 0 Å². The van der Waals surface area contributed by atoms with Gasteiger partial charge >= 0.3 is 43.4 Å². The molecule has 0 atom stereocenters. The first-order valence-corrected chi connectivity index (χ1v) is 0. The van der Waals surface area contributed by atoms with Crippen LogP contribution in [0.4, 0.5) is 0 Å². The quantitative estimate of drug-likeness (QED) is 0.447. The Balaban J connectivity index is 0. The van der Waals surface area contributed by atoms with Crippen LogP contribution in [0.2, 0.25) is 0 Å². The van der Waals surface area contributed by atoms with Gasteiger partial charge in [-0.15, -0.1) is 0 Å².